The molecule has 3 N–H and O–H groups in total. The van der Waals surface area contributed by atoms with Crippen LogP contribution in [0.25, 0.3) is 0 Å². The van der Waals surface area contributed by atoms with Crippen molar-refractivity contribution in [3.05, 3.63) is 58.6 Å². The van der Waals surface area contributed by atoms with Crippen molar-refractivity contribution in [1.82, 2.24) is 10.9 Å². The third-order valence-electron chi connectivity index (χ3n) is 3.02. The molecule has 0 fully saturated rings. The Morgan fingerprint density at radius 3 is 2.29 bits per heavy atom. The number of hydrogen-bond acceptors (Lipinski definition) is 3. The second-order valence-corrected chi connectivity index (χ2v) is 5.80. The molecule has 2 aromatic carbocycles. The minimum atomic E-state index is -0.525. The highest BCUT2D eigenvalue weighted by Gasteiger charge is 2.06. The number of hydrogen-bond donors (Lipinski definition) is 3. The van der Waals surface area contributed by atoms with Gasteiger partial charge in [-0.15, -0.1) is 0 Å². The van der Waals surface area contributed by atoms with Crippen LogP contribution in [0, 0.1) is 0 Å². The van der Waals surface area contributed by atoms with Gasteiger partial charge in [0.15, 0.2) is 0 Å². The monoisotopic (exact) mass is 391 g/mol. The molecule has 3 amide bonds. The van der Waals surface area contributed by atoms with Crippen molar-refractivity contribution in [1.29, 1.82) is 0 Å². The lowest BCUT2D eigenvalue weighted by Gasteiger charge is -2.10. The van der Waals surface area contributed by atoms with E-state index in [0.29, 0.717) is 12.3 Å². The van der Waals surface area contributed by atoms with Gasteiger partial charge in [0, 0.05) is 10.2 Å². The summed E-state index contributed by atoms with van der Waals surface area (Å²) in [4.78, 5) is 23.5. The van der Waals surface area contributed by atoms with Crippen molar-refractivity contribution < 1.29 is 14.3 Å². The molecular formula is C17H18BrN3O3. The number of nitrogens with one attached hydrogen (secondary N) is 3. The highest BCUT2D eigenvalue weighted by molar-refractivity contribution is 9.10. The van der Waals surface area contributed by atoms with Crippen LogP contribution >= 0.6 is 15.9 Å². The predicted molar refractivity (Wildman–Crippen MR) is 95.8 cm³/mol. The molecule has 126 valence electrons. The van der Waals surface area contributed by atoms with Gasteiger partial charge in [0.1, 0.15) is 5.75 Å². The Hall–Kier alpha value is -2.54. The molecule has 24 heavy (non-hydrogen) atoms. The van der Waals surface area contributed by atoms with Gasteiger partial charge in [0.25, 0.3) is 0 Å². The van der Waals surface area contributed by atoms with E-state index >= 15 is 0 Å². The van der Waals surface area contributed by atoms with Crippen molar-refractivity contribution in [2.24, 2.45) is 0 Å². The zero-order chi connectivity index (χ0) is 17.4. The van der Waals surface area contributed by atoms with Gasteiger partial charge in [0.2, 0.25) is 5.91 Å². The summed E-state index contributed by atoms with van der Waals surface area (Å²) in [5, 5.41) is 2.61. The topological polar surface area (TPSA) is 79.5 Å². The maximum Gasteiger partial charge on any atom is 0.337 e. The highest BCUT2D eigenvalue weighted by Crippen LogP contribution is 2.15. The lowest BCUT2D eigenvalue weighted by Crippen LogP contribution is -2.44. The van der Waals surface area contributed by atoms with Gasteiger partial charge in [-0.05, 0) is 48.9 Å². The highest BCUT2D eigenvalue weighted by atomic mass is 79.9. The molecule has 0 saturated heterocycles. The average Bonchev–Trinajstić information content (AvgIpc) is 2.57. The van der Waals surface area contributed by atoms with Crippen LogP contribution in [0.15, 0.2) is 53.0 Å². The number of anilines is 1. The smallest absolute Gasteiger partial charge is 0.337 e. The second-order valence-electron chi connectivity index (χ2n) is 4.89. The van der Waals surface area contributed by atoms with Crippen LogP contribution in [0.3, 0.4) is 0 Å². The number of carbonyl (C=O) groups is 2. The minimum absolute atomic E-state index is 0.177. The Bertz CT molecular complexity index is 687. The van der Waals surface area contributed by atoms with E-state index < -0.39 is 6.03 Å². The van der Waals surface area contributed by atoms with Crippen molar-refractivity contribution in [2.75, 3.05) is 11.9 Å². The fraction of sp³-hybridized carbons (Fsp3) is 0.176. The summed E-state index contributed by atoms with van der Waals surface area (Å²) in [5.41, 5.74) is 6.12. The number of hydrazine groups is 1. The second kappa shape index (κ2) is 8.93. The molecule has 0 aliphatic heterocycles. The Labute approximate surface area is 148 Å². The van der Waals surface area contributed by atoms with E-state index in [2.05, 4.69) is 32.1 Å². The Balaban J connectivity index is 1.75. The third kappa shape index (κ3) is 5.92. The summed E-state index contributed by atoms with van der Waals surface area (Å²) in [6.07, 6.45) is 0.177. The van der Waals surface area contributed by atoms with Crippen LogP contribution in [0.2, 0.25) is 0 Å². The maximum absolute atomic E-state index is 11.8. The van der Waals surface area contributed by atoms with E-state index in [1.165, 1.54) is 0 Å². The normalized spacial score (nSPS) is 9.92. The largest absolute Gasteiger partial charge is 0.494 e. The number of rotatable bonds is 5. The minimum Gasteiger partial charge on any atom is -0.494 e. The number of halogens is 1. The molecule has 2 aromatic rings. The molecule has 0 heterocycles. The first-order chi connectivity index (χ1) is 11.6. The van der Waals surface area contributed by atoms with E-state index in [-0.39, 0.29) is 12.3 Å². The fourth-order valence-corrected chi connectivity index (χ4v) is 2.19. The van der Waals surface area contributed by atoms with Crippen molar-refractivity contribution in [3.63, 3.8) is 0 Å². The summed E-state index contributed by atoms with van der Waals surface area (Å²) < 4.78 is 6.26. The van der Waals surface area contributed by atoms with Gasteiger partial charge >= 0.3 is 6.03 Å². The van der Waals surface area contributed by atoms with E-state index in [1.807, 2.05) is 31.2 Å². The van der Waals surface area contributed by atoms with Crippen LogP contribution in [0.1, 0.15) is 12.5 Å². The molecule has 2 rings (SSSR count). The van der Waals surface area contributed by atoms with Gasteiger partial charge in [-0.1, -0.05) is 28.1 Å². The fourth-order valence-electron chi connectivity index (χ4n) is 1.92. The summed E-state index contributed by atoms with van der Waals surface area (Å²) in [6, 6.07) is 13.8. The molecule has 0 spiro atoms. The van der Waals surface area contributed by atoms with Crippen LogP contribution in [0.5, 0.6) is 5.75 Å². The van der Waals surface area contributed by atoms with Gasteiger partial charge in [0.05, 0.1) is 13.0 Å². The van der Waals surface area contributed by atoms with Gasteiger partial charge in [-0.25, -0.2) is 10.2 Å². The Kier molecular flexibility index (Phi) is 6.62. The quantitative estimate of drug-likeness (QED) is 0.684. The standard InChI is InChI=1S/C17H18BrN3O3/c1-2-24-15-9-7-14(8-10-15)19-17(23)21-20-16(22)11-12-3-5-13(18)6-4-12/h3-10H,2,11H2,1H3,(H,20,22)(H2,19,21,23). The van der Waals surface area contributed by atoms with E-state index in [0.717, 1.165) is 15.8 Å². The zero-order valence-electron chi connectivity index (χ0n) is 13.1. The molecule has 0 aromatic heterocycles. The Morgan fingerprint density at radius 2 is 1.67 bits per heavy atom. The summed E-state index contributed by atoms with van der Waals surface area (Å²) >= 11 is 3.33. The maximum atomic E-state index is 11.8. The first-order valence-electron chi connectivity index (χ1n) is 7.40. The third-order valence-corrected chi connectivity index (χ3v) is 3.55. The molecule has 0 saturated carbocycles. The zero-order valence-corrected chi connectivity index (χ0v) is 14.7. The Morgan fingerprint density at radius 1 is 1.00 bits per heavy atom. The van der Waals surface area contributed by atoms with Crippen LogP contribution < -0.4 is 20.9 Å². The number of benzene rings is 2. The lowest BCUT2D eigenvalue weighted by molar-refractivity contribution is -0.121. The van der Waals surface area contributed by atoms with Gasteiger partial charge < -0.3 is 10.1 Å². The molecule has 0 radical (unpaired) electrons. The number of ether oxygens (including phenoxy) is 1. The van der Waals surface area contributed by atoms with Crippen LogP contribution in [-0.2, 0) is 11.2 Å². The van der Waals surface area contributed by atoms with Crippen LogP contribution in [0.4, 0.5) is 10.5 Å². The SMILES string of the molecule is CCOc1ccc(NC(=O)NNC(=O)Cc2ccc(Br)cc2)cc1. The van der Waals surface area contributed by atoms with E-state index in [9.17, 15) is 9.59 Å². The van der Waals surface area contributed by atoms with Gasteiger partial charge in [-0.3, -0.25) is 10.2 Å². The molecule has 6 nitrogen and oxygen atoms in total. The summed E-state index contributed by atoms with van der Waals surface area (Å²) in [7, 11) is 0. The summed E-state index contributed by atoms with van der Waals surface area (Å²) in [6.45, 7) is 2.48. The molecule has 0 aliphatic carbocycles. The van der Waals surface area contributed by atoms with Crippen molar-refractivity contribution in [3.8, 4) is 5.75 Å². The number of amides is 3. The van der Waals surface area contributed by atoms with Crippen molar-refractivity contribution >= 4 is 33.6 Å². The first-order valence-corrected chi connectivity index (χ1v) is 8.19. The van der Waals surface area contributed by atoms with Gasteiger partial charge in [-0.2, -0.15) is 0 Å². The molecule has 0 bridgehead atoms. The number of urea groups is 1. The molecule has 0 unspecified atom stereocenters. The van der Waals surface area contributed by atoms with Crippen molar-refractivity contribution in [2.45, 2.75) is 13.3 Å². The molecule has 0 aliphatic rings. The molecule has 7 heteroatoms. The average molecular weight is 392 g/mol. The first kappa shape index (κ1) is 17.8. The summed E-state index contributed by atoms with van der Waals surface area (Å²) in [5.74, 6) is 0.422. The van der Waals surface area contributed by atoms with Crippen LogP contribution in [-0.4, -0.2) is 18.5 Å². The number of carbonyl (C=O) groups excluding carboxylic acids is 2. The predicted octanol–water partition coefficient (Wildman–Crippen LogP) is 3.24. The lowest BCUT2D eigenvalue weighted by atomic mass is 10.1. The molecule has 0 atom stereocenters. The van der Waals surface area contributed by atoms with E-state index in [1.54, 1.807) is 24.3 Å². The van der Waals surface area contributed by atoms with E-state index in [4.69, 9.17) is 4.74 Å². The molecular weight excluding hydrogens is 374 g/mol.